The highest BCUT2D eigenvalue weighted by atomic mass is 35.5. The fourth-order valence-electron chi connectivity index (χ4n) is 5.79. The molecule has 132 valence electrons. The molecule has 1 aromatic carbocycles. The van der Waals surface area contributed by atoms with Crippen LogP contribution >= 0.6 is 22.9 Å². The molecule has 2 aromatic rings. The third kappa shape index (κ3) is 2.47. The van der Waals surface area contributed by atoms with Crippen LogP contribution in [0.15, 0.2) is 12.1 Å². The third-order valence-corrected chi connectivity index (χ3v) is 7.85. The number of methoxy groups -OCH3 is 1. The van der Waals surface area contributed by atoms with E-state index < -0.39 is 0 Å². The van der Waals surface area contributed by atoms with Crippen molar-refractivity contribution in [2.45, 2.75) is 38.5 Å². The number of fused-ring (bicyclic) bond motifs is 1. The van der Waals surface area contributed by atoms with Gasteiger partial charge in [-0.15, -0.1) is 0 Å². The number of aromatic nitrogens is 1. The molecule has 1 amide bonds. The number of nitrogens with zero attached hydrogens (tertiary/aromatic N) is 1. The molecule has 0 unspecified atom stereocenters. The lowest BCUT2D eigenvalue weighted by Crippen LogP contribution is -2.51. The van der Waals surface area contributed by atoms with Crippen LogP contribution in [0.4, 0.5) is 5.13 Å². The summed E-state index contributed by atoms with van der Waals surface area (Å²) in [5.41, 5.74) is 0.557. The summed E-state index contributed by atoms with van der Waals surface area (Å²) in [4.78, 5) is 17.8. The maximum atomic E-state index is 13.2. The lowest BCUT2D eigenvalue weighted by atomic mass is 9.49. The summed E-state index contributed by atoms with van der Waals surface area (Å²) >= 11 is 7.73. The van der Waals surface area contributed by atoms with E-state index in [9.17, 15) is 4.79 Å². The summed E-state index contributed by atoms with van der Waals surface area (Å²) in [5.74, 6) is 3.11. The van der Waals surface area contributed by atoms with Gasteiger partial charge in [0, 0.05) is 0 Å². The first-order valence-electron chi connectivity index (χ1n) is 9.01. The number of anilines is 1. The van der Waals surface area contributed by atoms with E-state index in [0.29, 0.717) is 15.9 Å². The number of nitrogens with one attached hydrogen (secondary N) is 1. The second-order valence-electron chi connectivity index (χ2n) is 8.10. The van der Waals surface area contributed by atoms with Crippen molar-refractivity contribution in [2.24, 2.45) is 23.2 Å². The Bertz CT molecular complexity index is 827. The second-order valence-corrected chi connectivity index (χ2v) is 9.50. The van der Waals surface area contributed by atoms with Crippen LogP contribution < -0.4 is 10.1 Å². The molecule has 0 atom stereocenters. The molecule has 4 aliphatic rings. The maximum Gasteiger partial charge on any atom is 0.232 e. The van der Waals surface area contributed by atoms with E-state index in [0.717, 1.165) is 47.2 Å². The Morgan fingerprint density at radius 1 is 1.24 bits per heavy atom. The summed E-state index contributed by atoms with van der Waals surface area (Å²) in [6, 6.07) is 3.63. The van der Waals surface area contributed by atoms with E-state index in [1.807, 2.05) is 12.1 Å². The predicted octanol–water partition coefficient (Wildman–Crippen LogP) is 5.11. The summed E-state index contributed by atoms with van der Waals surface area (Å²) in [7, 11) is 1.62. The SMILES string of the molecule is COc1ccc(Cl)c2sc(NC(=O)C34CC5CC(CC(C5)C3)C4)nc12. The molecule has 1 aromatic heterocycles. The summed E-state index contributed by atoms with van der Waals surface area (Å²) in [5, 5.41) is 4.39. The number of rotatable bonds is 3. The molecule has 4 saturated carbocycles. The Labute approximate surface area is 155 Å². The Balaban J connectivity index is 1.45. The molecule has 0 saturated heterocycles. The van der Waals surface area contributed by atoms with Crippen LogP contribution in [0, 0.1) is 23.2 Å². The van der Waals surface area contributed by atoms with Gasteiger partial charge in [-0.25, -0.2) is 4.98 Å². The van der Waals surface area contributed by atoms with Gasteiger partial charge in [-0.1, -0.05) is 22.9 Å². The molecule has 0 spiro atoms. The van der Waals surface area contributed by atoms with Gasteiger partial charge in [0.1, 0.15) is 11.3 Å². The standard InChI is InChI=1S/C19H21ClN2O2S/c1-24-14-3-2-13(20)16-15(14)21-18(25-16)22-17(23)19-7-10-4-11(8-19)6-12(5-10)9-19/h2-3,10-12H,4-9H2,1H3,(H,21,22,23). The lowest BCUT2D eigenvalue weighted by molar-refractivity contribution is -0.140. The van der Waals surface area contributed by atoms with Gasteiger partial charge in [0.05, 0.1) is 22.2 Å². The molecule has 6 heteroatoms. The van der Waals surface area contributed by atoms with Crippen molar-refractivity contribution in [3.05, 3.63) is 17.2 Å². The maximum absolute atomic E-state index is 13.2. The Hall–Kier alpha value is -1.33. The molecule has 4 fully saturated rings. The van der Waals surface area contributed by atoms with Crippen LogP contribution in [-0.4, -0.2) is 18.0 Å². The molecule has 4 aliphatic carbocycles. The first-order chi connectivity index (χ1) is 12.1. The number of halogens is 1. The number of hydrogen-bond donors (Lipinski definition) is 1. The van der Waals surface area contributed by atoms with Gasteiger partial charge in [0.15, 0.2) is 5.13 Å². The largest absolute Gasteiger partial charge is 0.494 e. The average Bonchev–Trinajstić information content (AvgIpc) is 2.98. The minimum atomic E-state index is -0.166. The fraction of sp³-hybridized carbons (Fsp3) is 0.579. The quantitative estimate of drug-likeness (QED) is 0.809. The normalized spacial score (nSPS) is 33.0. The van der Waals surface area contributed by atoms with Crippen LogP contribution in [0.1, 0.15) is 38.5 Å². The minimum Gasteiger partial charge on any atom is -0.494 e. The van der Waals surface area contributed by atoms with E-state index in [2.05, 4.69) is 10.3 Å². The van der Waals surface area contributed by atoms with Crippen molar-refractivity contribution >= 4 is 44.2 Å². The molecular weight excluding hydrogens is 356 g/mol. The monoisotopic (exact) mass is 376 g/mol. The van der Waals surface area contributed by atoms with Gasteiger partial charge in [0.25, 0.3) is 0 Å². The second kappa shape index (κ2) is 5.58. The number of amides is 1. The van der Waals surface area contributed by atoms with Crippen molar-refractivity contribution in [2.75, 3.05) is 12.4 Å². The van der Waals surface area contributed by atoms with Crippen LogP contribution in [0.5, 0.6) is 5.75 Å². The molecule has 4 bridgehead atoms. The zero-order valence-corrected chi connectivity index (χ0v) is 15.8. The number of hydrogen-bond acceptors (Lipinski definition) is 4. The highest BCUT2D eigenvalue weighted by Crippen LogP contribution is 2.60. The molecular formula is C19H21ClN2O2S. The lowest BCUT2D eigenvalue weighted by Gasteiger charge is -2.55. The van der Waals surface area contributed by atoms with Gasteiger partial charge >= 0.3 is 0 Å². The van der Waals surface area contributed by atoms with E-state index in [1.165, 1.54) is 30.6 Å². The predicted molar refractivity (Wildman–Crippen MR) is 100 cm³/mol. The van der Waals surface area contributed by atoms with Gasteiger partial charge in [-0.2, -0.15) is 0 Å². The topological polar surface area (TPSA) is 51.2 Å². The van der Waals surface area contributed by atoms with Crippen LogP contribution in [0.2, 0.25) is 5.02 Å². The van der Waals surface area contributed by atoms with Crippen LogP contribution in [0.25, 0.3) is 10.2 Å². The first-order valence-corrected chi connectivity index (χ1v) is 10.2. The molecule has 1 N–H and O–H groups in total. The van der Waals surface area contributed by atoms with E-state index in [4.69, 9.17) is 16.3 Å². The van der Waals surface area contributed by atoms with Gasteiger partial charge in [-0.3, -0.25) is 4.79 Å². The number of carbonyl (C=O) groups is 1. The van der Waals surface area contributed by atoms with Crippen molar-refractivity contribution in [3.63, 3.8) is 0 Å². The van der Waals surface area contributed by atoms with E-state index >= 15 is 0 Å². The summed E-state index contributed by atoms with van der Waals surface area (Å²) < 4.78 is 6.24. The van der Waals surface area contributed by atoms with Gasteiger partial charge in [-0.05, 0) is 68.4 Å². The van der Waals surface area contributed by atoms with Crippen LogP contribution in [0.3, 0.4) is 0 Å². The van der Waals surface area contributed by atoms with Crippen LogP contribution in [-0.2, 0) is 4.79 Å². The number of carbonyl (C=O) groups excluding carboxylic acids is 1. The molecule has 4 nitrogen and oxygen atoms in total. The van der Waals surface area contributed by atoms with Gasteiger partial charge in [0.2, 0.25) is 5.91 Å². The zero-order valence-electron chi connectivity index (χ0n) is 14.2. The molecule has 1 heterocycles. The summed E-state index contributed by atoms with van der Waals surface area (Å²) in [6.45, 7) is 0. The minimum absolute atomic E-state index is 0.166. The fourth-order valence-corrected chi connectivity index (χ4v) is 6.94. The summed E-state index contributed by atoms with van der Waals surface area (Å²) in [6.07, 6.45) is 7.17. The smallest absolute Gasteiger partial charge is 0.232 e. The Kier molecular flexibility index (Phi) is 3.55. The highest BCUT2D eigenvalue weighted by Gasteiger charge is 2.54. The Morgan fingerprint density at radius 2 is 1.88 bits per heavy atom. The first kappa shape index (κ1) is 15.9. The number of thiazole rings is 1. The van der Waals surface area contributed by atoms with Gasteiger partial charge < -0.3 is 10.1 Å². The van der Waals surface area contributed by atoms with Crippen molar-refractivity contribution in [1.29, 1.82) is 0 Å². The number of benzene rings is 1. The van der Waals surface area contributed by atoms with E-state index in [1.54, 1.807) is 7.11 Å². The van der Waals surface area contributed by atoms with Crippen molar-refractivity contribution in [1.82, 2.24) is 4.98 Å². The number of ether oxygens (including phenoxy) is 1. The van der Waals surface area contributed by atoms with E-state index in [-0.39, 0.29) is 11.3 Å². The Morgan fingerprint density at radius 3 is 2.48 bits per heavy atom. The van der Waals surface area contributed by atoms with Crippen molar-refractivity contribution in [3.8, 4) is 5.75 Å². The zero-order chi connectivity index (χ0) is 17.2. The highest BCUT2D eigenvalue weighted by molar-refractivity contribution is 7.23. The van der Waals surface area contributed by atoms with Crippen molar-refractivity contribution < 1.29 is 9.53 Å². The molecule has 0 radical (unpaired) electrons. The molecule has 25 heavy (non-hydrogen) atoms. The average molecular weight is 377 g/mol. The molecule has 0 aliphatic heterocycles. The molecule has 6 rings (SSSR count). The third-order valence-electron chi connectivity index (χ3n) is 6.42.